The second-order valence-corrected chi connectivity index (χ2v) is 9.72. The normalized spacial score (nSPS) is 15.9. The minimum Gasteiger partial charge on any atom is -0.493 e. The first-order valence-electron chi connectivity index (χ1n) is 9.45. The summed E-state index contributed by atoms with van der Waals surface area (Å²) in [4.78, 5) is 32.1. The van der Waals surface area contributed by atoms with E-state index in [1.165, 1.54) is 29.8 Å². The smallest absolute Gasteiger partial charge is 0.338 e. The van der Waals surface area contributed by atoms with Gasteiger partial charge in [0.1, 0.15) is 6.04 Å². The van der Waals surface area contributed by atoms with Crippen LogP contribution in [-0.2, 0) is 9.53 Å². The van der Waals surface area contributed by atoms with Gasteiger partial charge in [0, 0.05) is 14.9 Å². The summed E-state index contributed by atoms with van der Waals surface area (Å²) in [5, 5.41) is 1.91. The molecule has 166 valence electrons. The van der Waals surface area contributed by atoms with E-state index in [9.17, 15) is 9.59 Å². The maximum absolute atomic E-state index is 13.6. The summed E-state index contributed by atoms with van der Waals surface area (Å²) in [6.07, 6.45) is 1.75. The van der Waals surface area contributed by atoms with Crippen molar-refractivity contribution in [2.24, 2.45) is 4.99 Å². The lowest BCUT2D eigenvalue weighted by Gasteiger charge is -2.22. The summed E-state index contributed by atoms with van der Waals surface area (Å²) in [5.74, 6) is 0.557. The van der Waals surface area contributed by atoms with Gasteiger partial charge in [0.05, 0.1) is 37.1 Å². The van der Waals surface area contributed by atoms with E-state index in [0.717, 1.165) is 9.35 Å². The van der Waals surface area contributed by atoms with Gasteiger partial charge >= 0.3 is 5.97 Å². The van der Waals surface area contributed by atoms with Gasteiger partial charge in [-0.15, -0.1) is 11.3 Å². The molecule has 0 saturated heterocycles. The maximum Gasteiger partial charge on any atom is 0.338 e. The molecule has 3 aromatic rings. The minimum absolute atomic E-state index is 0.248. The number of fused-ring (bicyclic) bond motifs is 1. The number of ether oxygens (including phenoxy) is 3. The molecule has 0 radical (unpaired) electrons. The molecule has 10 heteroatoms. The Morgan fingerprint density at radius 1 is 1.25 bits per heavy atom. The standard InChI is InChI=1S/C22H19BrN2O5S2/c1-11-17(21(27)30-4)18(15-6-5-7-31-15)25-20(26)16(32-22(25)24-11)9-12-8-13(23)10-14(28-2)19(12)29-3/h5-10,18H,1-4H3. The number of carbonyl (C=O) groups excluding carboxylic acids is 1. The van der Waals surface area contributed by atoms with Crippen LogP contribution in [0.15, 0.2) is 55.2 Å². The van der Waals surface area contributed by atoms with Gasteiger partial charge in [-0.1, -0.05) is 33.3 Å². The third-order valence-corrected chi connectivity index (χ3v) is 7.36. The maximum atomic E-state index is 13.6. The van der Waals surface area contributed by atoms with Crippen LogP contribution in [0.3, 0.4) is 0 Å². The fourth-order valence-electron chi connectivity index (χ4n) is 3.62. The molecule has 32 heavy (non-hydrogen) atoms. The first-order valence-corrected chi connectivity index (χ1v) is 11.9. The molecule has 0 saturated carbocycles. The highest BCUT2D eigenvalue weighted by Gasteiger charge is 2.33. The number of allylic oxidation sites excluding steroid dienone is 1. The predicted molar refractivity (Wildman–Crippen MR) is 127 cm³/mol. The molecule has 0 amide bonds. The number of benzene rings is 1. The van der Waals surface area contributed by atoms with Crippen LogP contribution in [0.5, 0.6) is 11.5 Å². The van der Waals surface area contributed by atoms with Gasteiger partial charge in [0.2, 0.25) is 0 Å². The average molecular weight is 535 g/mol. The van der Waals surface area contributed by atoms with Gasteiger partial charge in [-0.25, -0.2) is 9.79 Å². The second kappa shape index (κ2) is 9.05. The Morgan fingerprint density at radius 3 is 2.66 bits per heavy atom. The van der Waals surface area contributed by atoms with Crippen LogP contribution >= 0.6 is 38.6 Å². The highest BCUT2D eigenvalue weighted by Crippen LogP contribution is 2.35. The van der Waals surface area contributed by atoms with E-state index in [4.69, 9.17) is 14.2 Å². The molecule has 1 unspecified atom stereocenters. The number of esters is 1. The van der Waals surface area contributed by atoms with Gasteiger partial charge in [-0.2, -0.15) is 0 Å². The SMILES string of the molecule is COC(=O)C1=C(C)N=c2sc(=Cc3cc(Br)cc(OC)c3OC)c(=O)n2C1c1cccs1. The van der Waals surface area contributed by atoms with Crippen LogP contribution in [0.4, 0.5) is 0 Å². The fraction of sp³-hybridized carbons (Fsp3) is 0.227. The van der Waals surface area contributed by atoms with E-state index in [-0.39, 0.29) is 5.56 Å². The topological polar surface area (TPSA) is 79.1 Å². The highest BCUT2D eigenvalue weighted by molar-refractivity contribution is 9.10. The van der Waals surface area contributed by atoms with Crippen molar-refractivity contribution in [3.8, 4) is 11.5 Å². The summed E-state index contributed by atoms with van der Waals surface area (Å²) < 4.78 is 18.7. The monoisotopic (exact) mass is 534 g/mol. The second-order valence-electron chi connectivity index (χ2n) is 6.82. The summed E-state index contributed by atoms with van der Waals surface area (Å²) in [7, 11) is 4.43. The Kier molecular flexibility index (Phi) is 6.36. The zero-order valence-corrected chi connectivity index (χ0v) is 20.9. The van der Waals surface area contributed by atoms with Crippen LogP contribution < -0.4 is 24.4 Å². The van der Waals surface area contributed by atoms with Crippen LogP contribution in [0, 0.1) is 0 Å². The number of hydrogen-bond donors (Lipinski definition) is 0. The van der Waals surface area contributed by atoms with E-state index >= 15 is 0 Å². The fourth-order valence-corrected chi connectivity index (χ4v) is 5.93. The van der Waals surface area contributed by atoms with Gasteiger partial charge in [-0.05, 0) is 36.6 Å². The molecule has 2 aromatic heterocycles. The molecule has 0 aliphatic carbocycles. The van der Waals surface area contributed by atoms with Crippen molar-refractivity contribution in [2.75, 3.05) is 21.3 Å². The van der Waals surface area contributed by atoms with Crippen molar-refractivity contribution in [2.45, 2.75) is 13.0 Å². The first-order chi connectivity index (χ1) is 15.4. The highest BCUT2D eigenvalue weighted by atomic mass is 79.9. The number of thiophene rings is 1. The molecular formula is C22H19BrN2O5S2. The van der Waals surface area contributed by atoms with E-state index in [2.05, 4.69) is 20.9 Å². The van der Waals surface area contributed by atoms with Crippen LogP contribution in [0.25, 0.3) is 6.08 Å². The number of carbonyl (C=O) groups is 1. The predicted octanol–water partition coefficient (Wildman–Crippen LogP) is 3.25. The molecule has 1 aliphatic heterocycles. The lowest BCUT2D eigenvalue weighted by molar-refractivity contribution is -0.136. The molecule has 0 fully saturated rings. The summed E-state index contributed by atoms with van der Waals surface area (Å²) in [5.41, 5.74) is 1.32. The number of rotatable bonds is 5. The molecule has 0 bridgehead atoms. The van der Waals surface area contributed by atoms with Crippen molar-refractivity contribution in [3.05, 3.63) is 75.5 Å². The van der Waals surface area contributed by atoms with Gasteiger partial charge in [-0.3, -0.25) is 9.36 Å². The van der Waals surface area contributed by atoms with Crippen molar-refractivity contribution in [3.63, 3.8) is 0 Å². The Bertz CT molecular complexity index is 1400. The minimum atomic E-state index is -0.597. The third-order valence-electron chi connectivity index (χ3n) is 5.00. The van der Waals surface area contributed by atoms with E-state index in [0.29, 0.717) is 37.7 Å². The largest absolute Gasteiger partial charge is 0.493 e. The lowest BCUT2D eigenvalue weighted by Crippen LogP contribution is -2.39. The number of aromatic nitrogens is 1. The zero-order chi connectivity index (χ0) is 23.0. The molecule has 1 atom stereocenters. The first kappa shape index (κ1) is 22.5. The number of hydrogen-bond acceptors (Lipinski definition) is 8. The molecule has 0 N–H and O–H groups in total. The molecule has 4 rings (SSSR count). The van der Waals surface area contributed by atoms with Crippen molar-refractivity contribution in [1.82, 2.24) is 4.57 Å². The molecule has 3 heterocycles. The number of methoxy groups -OCH3 is 3. The van der Waals surface area contributed by atoms with Gasteiger partial charge < -0.3 is 14.2 Å². The Labute approximate surface area is 200 Å². The van der Waals surface area contributed by atoms with Gasteiger partial charge in [0.15, 0.2) is 16.3 Å². The van der Waals surface area contributed by atoms with Crippen molar-refractivity contribution < 1.29 is 19.0 Å². The molecular weight excluding hydrogens is 516 g/mol. The number of nitrogens with zero attached hydrogens (tertiary/aromatic N) is 2. The molecule has 7 nitrogen and oxygen atoms in total. The quantitative estimate of drug-likeness (QED) is 0.469. The lowest BCUT2D eigenvalue weighted by atomic mass is 10.0. The average Bonchev–Trinajstić information content (AvgIpc) is 3.40. The van der Waals surface area contributed by atoms with Crippen LogP contribution in [-0.4, -0.2) is 31.9 Å². The van der Waals surface area contributed by atoms with Crippen molar-refractivity contribution in [1.29, 1.82) is 0 Å². The molecule has 1 aromatic carbocycles. The summed E-state index contributed by atoms with van der Waals surface area (Å²) in [6.45, 7) is 1.76. The number of halogens is 1. The molecule has 1 aliphatic rings. The summed E-state index contributed by atoms with van der Waals surface area (Å²) in [6, 6.07) is 6.83. The van der Waals surface area contributed by atoms with E-state index < -0.39 is 12.0 Å². The van der Waals surface area contributed by atoms with E-state index in [1.807, 2.05) is 23.6 Å². The summed E-state index contributed by atoms with van der Waals surface area (Å²) >= 11 is 6.20. The third kappa shape index (κ3) is 3.82. The Balaban J connectivity index is 1.99. The van der Waals surface area contributed by atoms with E-state index in [1.54, 1.807) is 37.9 Å². The van der Waals surface area contributed by atoms with Crippen LogP contribution in [0.2, 0.25) is 0 Å². The molecule has 0 spiro atoms. The number of thiazole rings is 1. The Hall–Kier alpha value is -2.69. The Morgan fingerprint density at radius 2 is 2.03 bits per heavy atom. The van der Waals surface area contributed by atoms with Gasteiger partial charge in [0.25, 0.3) is 5.56 Å². The van der Waals surface area contributed by atoms with Crippen LogP contribution in [0.1, 0.15) is 23.4 Å². The zero-order valence-electron chi connectivity index (χ0n) is 17.7. The van der Waals surface area contributed by atoms with Crippen molar-refractivity contribution >= 4 is 50.6 Å².